The molecule has 0 aromatic heterocycles. The van der Waals surface area contributed by atoms with Crippen LogP contribution in [0.3, 0.4) is 0 Å². The van der Waals surface area contributed by atoms with E-state index in [1.807, 2.05) is 0 Å². The van der Waals surface area contributed by atoms with Gasteiger partial charge in [0.25, 0.3) is 0 Å². The fourth-order valence-electron chi connectivity index (χ4n) is 3.01. The Morgan fingerprint density at radius 1 is 1.07 bits per heavy atom. The standard InChI is InChI=1S/C14H27N/c1-10(14(6)7-8-14)15-9-11-12(2,3)13(11,4)5/h10-11,15H,7-9H2,1-6H3. The summed E-state index contributed by atoms with van der Waals surface area (Å²) in [5, 5.41) is 3.76. The molecule has 2 rings (SSSR count). The van der Waals surface area contributed by atoms with Crippen LogP contribution < -0.4 is 5.32 Å². The van der Waals surface area contributed by atoms with E-state index in [-0.39, 0.29) is 0 Å². The molecular formula is C14H27N. The summed E-state index contributed by atoms with van der Waals surface area (Å²) in [4.78, 5) is 0. The second-order valence-electron chi connectivity index (χ2n) is 7.28. The quantitative estimate of drug-likeness (QED) is 0.748. The van der Waals surface area contributed by atoms with Crippen molar-refractivity contribution < 1.29 is 0 Å². The molecule has 0 aromatic rings. The second kappa shape index (κ2) is 3.00. The van der Waals surface area contributed by atoms with Crippen LogP contribution in [0.25, 0.3) is 0 Å². The van der Waals surface area contributed by atoms with Crippen LogP contribution in [0, 0.1) is 22.2 Å². The van der Waals surface area contributed by atoms with Gasteiger partial charge < -0.3 is 5.32 Å². The lowest BCUT2D eigenvalue weighted by molar-refractivity contribution is 0.363. The molecule has 0 spiro atoms. The lowest BCUT2D eigenvalue weighted by Gasteiger charge is -2.21. The van der Waals surface area contributed by atoms with Crippen LogP contribution >= 0.6 is 0 Å². The van der Waals surface area contributed by atoms with Crippen molar-refractivity contribution in [1.82, 2.24) is 5.32 Å². The summed E-state index contributed by atoms with van der Waals surface area (Å²) >= 11 is 0. The van der Waals surface area contributed by atoms with Gasteiger partial charge in [-0.1, -0.05) is 34.6 Å². The lowest BCUT2D eigenvalue weighted by atomic mass is 10.0. The zero-order chi connectivity index (χ0) is 11.5. The van der Waals surface area contributed by atoms with Gasteiger partial charge in [0.05, 0.1) is 0 Å². The van der Waals surface area contributed by atoms with Gasteiger partial charge >= 0.3 is 0 Å². The number of hydrogen-bond donors (Lipinski definition) is 1. The molecule has 1 N–H and O–H groups in total. The minimum atomic E-state index is 0.532. The molecule has 1 heteroatoms. The highest BCUT2D eigenvalue weighted by molar-refractivity contribution is 5.13. The molecule has 1 unspecified atom stereocenters. The van der Waals surface area contributed by atoms with Gasteiger partial charge in [0.15, 0.2) is 0 Å². The summed E-state index contributed by atoms with van der Waals surface area (Å²) in [6.45, 7) is 15.6. The van der Waals surface area contributed by atoms with E-state index in [0.29, 0.717) is 22.3 Å². The van der Waals surface area contributed by atoms with E-state index in [1.54, 1.807) is 0 Å². The zero-order valence-electron chi connectivity index (χ0n) is 11.3. The van der Waals surface area contributed by atoms with E-state index < -0.39 is 0 Å². The van der Waals surface area contributed by atoms with Crippen LogP contribution in [0.4, 0.5) is 0 Å². The number of hydrogen-bond acceptors (Lipinski definition) is 1. The monoisotopic (exact) mass is 209 g/mol. The SMILES string of the molecule is CC(NCC1C(C)(C)C1(C)C)C1(C)CC1. The third-order valence-corrected chi connectivity index (χ3v) is 6.03. The molecule has 0 radical (unpaired) electrons. The van der Waals surface area contributed by atoms with Gasteiger partial charge in [0.2, 0.25) is 0 Å². The van der Waals surface area contributed by atoms with Crippen molar-refractivity contribution in [1.29, 1.82) is 0 Å². The van der Waals surface area contributed by atoms with Gasteiger partial charge in [-0.25, -0.2) is 0 Å². The Morgan fingerprint density at radius 3 is 1.87 bits per heavy atom. The predicted octanol–water partition coefficient (Wildman–Crippen LogP) is 3.45. The Hall–Kier alpha value is -0.0400. The number of rotatable bonds is 4. The van der Waals surface area contributed by atoms with Gasteiger partial charge in [-0.05, 0) is 48.5 Å². The molecule has 0 saturated heterocycles. The van der Waals surface area contributed by atoms with Crippen LogP contribution in [-0.4, -0.2) is 12.6 Å². The van der Waals surface area contributed by atoms with Crippen LogP contribution in [0.2, 0.25) is 0 Å². The van der Waals surface area contributed by atoms with E-state index in [2.05, 4.69) is 46.9 Å². The van der Waals surface area contributed by atoms with E-state index in [0.717, 1.165) is 5.92 Å². The van der Waals surface area contributed by atoms with E-state index in [9.17, 15) is 0 Å². The van der Waals surface area contributed by atoms with Gasteiger partial charge in [0, 0.05) is 6.04 Å². The first kappa shape index (κ1) is 11.4. The smallest absolute Gasteiger partial charge is 0.00926 e. The maximum Gasteiger partial charge on any atom is 0.00926 e. The third-order valence-electron chi connectivity index (χ3n) is 6.03. The molecule has 1 atom stereocenters. The van der Waals surface area contributed by atoms with E-state index >= 15 is 0 Å². The Kier molecular flexibility index (Phi) is 2.29. The van der Waals surface area contributed by atoms with Crippen molar-refractivity contribution in [2.45, 2.75) is 60.4 Å². The van der Waals surface area contributed by atoms with Gasteiger partial charge in [0.1, 0.15) is 0 Å². The third kappa shape index (κ3) is 1.63. The summed E-state index contributed by atoms with van der Waals surface area (Å²) in [5.74, 6) is 0.856. The zero-order valence-corrected chi connectivity index (χ0v) is 11.3. The minimum absolute atomic E-state index is 0.532. The Labute approximate surface area is 95.0 Å². The van der Waals surface area contributed by atoms with E-state index in [1.165, 1.54) is 19.4 Å². The largest absolute Gasteiger partial charge is 0.313 e. The molecular weight excluding hydrogens is 182 g/mol. The number of nitrogens with one attached hydrogen (secondary N) is 1. The topological polar surface area (TPSA) is 12.0 Å². The first-order chi connectivity index (χ1) is 6.72. The Morgan fingerprint density at radius 2 is 1.53 bits per heavy atom. The molecule has 1 nitrogen and oxygen atoms in total. The fourth-order valence-corrected chi connectivity index (χ4v) is 3.01. The highest BCUT2D eigenvalue weighted by Crippen LogP contribution is 2.68. The molecule has 88 valence electrons. The summed E-state index contributed by atoms with van der Waals surface area (Å²) < 4.78 is 0. The maximum absolute atomic E-state index is 3.76. The average molecular weight is 209 g/mol. The van der Waals surface area contributed by atoms with Crippen molar-refractivity contribution in [2.24, 2.45) is 22.2 Å². The van der Waals surface area contributed by atoms with Crippen molar-refractivity contribution in [3.63, 3.8) is 0 Å². The molecule has 2 fully saturated rings. The summed E-state index contributed by atoms with van der Waals surface area (Å²) in [6, 6.07) is 0.699. The molecule has 0 aromatic carbocycles. The van der Waals surface area contributed by atoms with Crippen LogP contribution in [0.15, 0.2) is 0 Å². The highest BCUT2D eigenvalue weighted by atomic mass is 15.0. The molecule has 15 heavy (non-hydrogen) atoms. The van der Waals surface area contributed by atoms with Gasteiger partial charge in [-0.3, -0.25) is 0 Å². The second-order valence-corrected chi connectivity index (χ2v) is 7.28. The first-order valence-electron chi connectivity index (χ1n) is 6.45. The van der Waals surface area contributed by atoms with Gasteiger partial charge in [-0.15, -0.1) is 0 Å². The normalized spacial score (nSPS) is 32.4. The van der Waals surface area contributed by atoms with Crippen molar-refractivity contribution in [3.8, 4) is 0 Å². The minimum Gasteiger partial charge on any atom is -0.313 e. The molecule has 2 aliphatic carbocycles. The Bertz CT molecular complexity index is 247. The molecule has 2 aliphatic rings. The molecule has 0 heterocycles. The summed E-state index contributed by atoms with van der Waals surface area (Å²) in [5.41, 5.74) is 1.68. The summed E-state index contributed by atoms with van der Waals surface area (Å²) in [7, 11) is 0. The molecule has 2 saturated carbocycles. The van der Waals surface area contributed by atoms with Crippen LogP contribution in [0.5, 0.6) is 0 Å². The first-order valence-corrected chi connectivity index (χ1v) is 6.45. The maximum atomic E-state index is 3.76. The van der Waals surface area contributed by atoms with Crippen LogP contribution in [0.1, 0.15) is 54.4 Å². The van der Waals surface area contributed by atoms with Crippen molar-refractivity contribution in [3.05, 3.63) is 0 Å². The highest BCUT2D eigenvalue weighted by Gasteiger charge is 2.64. The van der Waals surface area contributed by atoms with Gasteiger partial charge in [-0.2, -0.15) is 0 Å². The molecule has 0 aliphatic heterocycles. The Balaban J connectivity index is 1.81. The summed E-state index contributed by atoms with van der Waals surface area (Å²) in [6.07, 6.45) is 2.83. The lowest BCUT2D eigenvalue weighted by Crippen LogP contribution is -2.35. The van der Waals surface area contributed by atoms with Crippen LogP contribution in [-0.2, 0) is 0 Å². The molecule has 0 amide bonds. The average Bonchev–Trinajstić information content (AvgIpc) is 2.91. The van der Waals surface area contributed by atoms with Crippen molar-refractivity contribution in [2.75, 3.05) is 6.54 Å². The van der Waals surface area contributed by atoms with Crippen molar-refractivity contribution >= 4 is 0 Å². The van der Waals surface area contributed by atoms with E-state index in [4.69, 9.17) is 0 Å². The predicted molar refractivity (Wildman–Crippen MR) is 65.9 cm³/mol. The fraction of sp³-hybridized carbons (Fsp3) is 1.00. The molecule has 0 bridgehead atoms.